The fourth-order valence-corrected chi connectivity index (χ4v) is 2.37. The number of oxime groups is 1. The SMILES string of the molecule is CCOC(=O)C(C=NOC)Sc1ncc(C(F)(F)F)cc1Cl. The minimum Gasteiger partial charge on any atom is -0.465 e. The van der Waals surface area contributed by atoms with Crippen molar-refractivity contribution in [2.75, 3.05) is 13.7 Å². The van der Waals surface area contributed by atoms with Crippen LogP contribution in [-0.2, 0) is 20.5 Å². The fourth-order valence-electron chi connectivity index (χ4n) is 1.27. The van der Waals surface area contributed by atoms with Gasteiger partial charge in [0.2, 0.25) is 0 Å². The molecule has 5 nitrogen and oxygen atoms in total. The van der Waals surface area contributed by atoms with Crippen LogP contribution in [0.4, 0.5) is 13.2 Å². The van der Waals surface area contributed by atoms with Gasteiger partial charge in [-0.05, 0) is 13.0 Å². The van der Waals surface area contributed by atoms with Gasteiger partial charge in [-0.1, -0.05) is 28.5 Å². The Balaban J connectivity index is 2.98. The third kappa shape index (κ3) is 5.38. The van der Waals surface area contributed by atoms with Gasteiger partial charge in [0.1, 0.15) is 17.4 Å². The Bertz CT molecular complexity index is 555. The normalized spacial score (nSPS) is 13.2. The second kappa shape index (κ2) is 8.23. The van der Waals surface area contributed by atoms with Crippen LogP contribution in [0, 0.1) is 0 Å². The molecule has 0 amide bonds. The first-order chi connectivity index (χ1) is 10.3. The number of hydrogen-bond donors (Lipinski definition) is 0. The zero-order valence-electron chi connectivity index (χ0n) is 11.6. The second-order valence-electron chi connectivity index (χ2n) is 3.74. The first-order valence-electron chi connectivity index (χ1n) is 5.92. The number of hydrogen-bond acceptors (Lipinski definition) is 6. The summed E-state index contributed by atoms with van der Waals surface area (Å²) >= 11 is 6.59. The minimum absolute atomic E-state index is 0.0512. The Morgan fingerprint density at radius 3 is 2.77 bits per heavy atom. The van der Waals surface area contributed by atoms with E-state index in [1.165, 1.54) is 7.11 Å². The average Bonchev–Trinajstić information content (AvgIpc) is 2.44. The van der Waals surface area contributed by atoms with Gasteiger partial charge in [-0.2, -0.15) is 13.2 Å². The van der Waals surface area contributed by atoms with Gasteiger partial charge in [-0.15, -0.1) is 0 Å². The topological polar surface area (TPSA) is 60.8 Å². The molecule has 22 heavy (non-hydrogen) atoms. The van der Waals surface area contributed by atoms with E-state index in [4.69, 9.17) is 16.3 Å². The van der Waals surface area contributed by atoms with Crippen LogP contribution in [0.25, 0.3) is 0 Å². The monoisotopic (exact) mass is 356 g/mol. The van der Waals surface area contributed by atoms with Crippen LogP contribution in [0.3, 0.4) is 0 Å². The summed E-state index contributed by atoms with van der Waals surface area (Å²) in [7, 11) is 1.28. The number of aromatic nitrogens is 1. The Morgan fingerprint density at radius 2 is 2.27 bits per heavy atom. The van der Waals surface area contributed by atoms with Gasteiger partial charge >= 0.3 is 12.1 Å². The van der Waals surface area contributed by atoms with Crippen molar-refractivity contribution in [3.8, 4) is 0 Å². The molecule has 0 aliphatic heterocycles. The molecule has 0 bridgehead atoms. The molecular formula is C12H12ClF3N2O3S. The number of nitrogens with zero attached hydrogens (tertiary/aromatic N) is 2. The summed E-state index contributed by atoms with van der Waals surface area (Å²) in [4.78, 5) is 19.9. The largest absolute Gasteiger partial charge is 0.465 e. The number of alkyl halides is 3. The van der Waals surface area contributed by atoms with E-state index in [0.717, 1.165) is 24.0 Å². The van der Waals surface area contributed by atoms with Crippen molar-refractivity contribution in [2.45, 2.75) is 23.4 Å². The first kappa shape index (κ1) is 18.6. The van der Waals surface area contributed by atoms with Gasteiger partial charge in [-0.3, -0.25) is 4.79 Å². The molecule has 1 aromatic heterocycles. The molecule has 0 saturated heterocycles. The van der Waals surface area contributed by atoms with Crippen LogP contribution in [0.2, 0.25) is 5.02 Å². The van der Waals surface area contributed by atoms with E-state index >= 15 is 0 Å². The summed E-state index contributed by atoms with van der Waals surface area (Å²) in [5.41, 5.74) is -0.972. The molecule has 1 aromatic rings. The van der Waals surface area contributed by atoms with Crippen LogP contribution in [0.5, 0.6) is 0 Å². The Hall–Kier alpha value is -1.48. The van der Waals surface area contributed by atoms with Crippen LogP contribution >= 0.6 is 23.4 Å². The van der Waals surface area contributed by atoms with Crippen LogP contribution < -0.4 is 0 Å². The predicted molar refractivity (Wildman–Crippen MR) is 76.0 cm³/mol. The van der Waals surface area contributed by atoms with Crippen molar-refractivity contribution in [2.24, 2.45) is 5.16 Å². The average molecular weight is 357 g/mol. The molecule has 0 aliphatic rings. The number of carbonyl (C=O) groups is 1. The molecule has 10 heteroatoms. The highest BCUT2D eigenvalue weighted by Crippen LogP contribution is 2.34. The zero-order valence-corrected chi connectivity index (χ0v) is 13.1. The zero-order chi connectivity index (χ0) is 16.8. The summed E-state index contributed by atoms with van der Waals surface area (Å²) in [6.07, 6.45) is -2.75. The van der Waals surface area contributed by atoms with Gasteiger partial charge in [0.15, 0.2) is 0 Å². The van der Waals surface area contributed by atoms with Gasteiger partial charge in [0, 0.05) is 6.20 Å². The molecule has 0 spiro atoms. The van der Waals surface area contributed by atoms with E-state index in [9.17, 15) is 18.0 Å². The smallest absolute Gasteiger partial charge is 0.417 e. The van der Waals surface area contributed by atoms with Crippen LogP contribution in [0.1, 0.15) is 12.5 Å². The van der Waals surface area contributed by atoms with E-state index in [1.807, 2.05) is 0 Å². The lowest BCUT2D eigenvalue weighted by Crippen LogP contribution is -2.22. The highest BCUT2D eigenvalue weighted by molar-refractivity contribution is 8.01. The van der Waals surface area contributed by atoms with Crippen molar-refractivity contribution in [1.82, 2.24) is 4.98 Å². The Morgan fingerprint density at radius 1 is 1.59 bits per heavy atom. The van der Waals surface area contributed by atoms with Crippen molar-refractivity contribution in [3.63, 3.8) is 0 Å². The van der Waals surface area contributed by atoms with Crippen molar-refractivity contribution < 1.29 is 27.5 Å². The number of ether oxygens (including phenoxy) is 1. The van der Waals surface area contributed by atoms with Gasteiger partial charge < -0.3 is 9.57 Å². The summed E-state index contributed by atoms with van der Waals surface area (Å²) in [6, 6.07) is 0.743. The molecule has 1 rings (SSSR count). The third-order valence-corrected chi connectivity index (χ3v) is 3.71. The highest BCUT2D eigenvalue weighted by Gasteiger charge is 2.32. The maximum atomic E-state index is 12.5. The van der Waals surface area contributed by atoms with Gasteiger partial charge in [-0.25, -0.2) is 4.98 Å². The van der Waals surface area contributed by atoms with Crippen molar-refractivity contribution in [1.29, 1.82) is 0 Å². The number of thioether (sulfide) groups is 1. The summed E-state index contributed by atoms with van der Waals surface area (Å²) in [5.74, 6) is -0.633. The summed E-state index contributed by atoms with van der Waals surface area (Å²) in [5, 5.41) is 2.35. The molecule has 0 saturated carbocycles. The Kier molecular flexibility index (Phi) is 6.95. The lowest BCUT2D eigenvalue weighted by Gasteiger charge is -2.12. The Labute approximate surface area is 133 Å². The number of pyridine rings is 1. The number of carbonyl (C=O) groups excluding carboxylic acids is 1. The maximum absolute atomic E-state index is 12.5. The molecule has 1 heterocycles. The molecule has 0 N–H and O–H groups in total. The van der Waals surface area contributed by atoms with E-state index in [2.05, 4.69) is 15.0 Å². The molecular weight excluding hydrogens is 345 g/mol. The second-order valence-corrected chi connectivity index (χ2v) is 5.27. The van der Waals surface area contributed by atoms with Crippen LogP contribution in [0.15, 0.2) is 22.4 Å². The van der Waals surface area contributed by atoms with Gasteiger partial charge in [0.25, 0.3) is 0 Å². The lowest BCUT2D eigenvalue weighted by atomic mass is 10.3. The third-order valence-electron chi connectivity index (χ3n) is 2.19. The molecule has 1 unspecified atom stereocenters. The van der Waals surface area contributed by atoms with E-state index < -0.39 is 23.0 Å². The van der Waals surface area contributed by atoms with Gasteiger partial charge in [0.05, 0.1) is 23.4 Å². The number of rotatable bonds is 6. The standard InChI is InChI=1S/C12H12ClF3N2O3S/c1-3-21-11(19)9(6-18-20-2)22-10-8(13)4-7(5-17-10)12(14,15)16/h4-6,9H,3H2,1-2H3. The molecule has 0 aromatic carbocycles. The molecule has 122 valence electrons. The van der Waals surface area contributed by atoms with Crippen molar-refractivity contribution >= 4 is 35.5 Å². The lowest BCUT2D eigenvalue weighted by molar-refractivity contribution is -0.141. The minimum atomic E-state index is -4.54. The molecule has 0 fully saturated rings. The summed E-state index contributed by atoms with van der Waals surface area (Å²) < 4.78 is 42.5. The molecule has 0 aliphatic carbocycles. The van der Waals surface area contributed by atoms with Crippen LogP contribution in [-0.4, -0.2) is 36.1 Å². The summed E-state index contributed by atoms with van der Waals surface area (Å²) in [6.45, 7) is 1.77. The predicted octanol–water partition coefficient (Wildman–Crippen LogP) is 3.41. The van der Waals surface area contributed by atoms with E-state index in [-0.39, 0.29) is 16.7 Å². The van der Waals surface area contributed by atoms with Crippen molar-refractivity contribution in [3.05, 3.63) is 22.8 Å². The molecule has 1 atom stereocenters. The number of esters is 1. The van der Waals surface area contributed by atoms with E-state index in [0.29, 0.717) is 6.20 Å². The molecule has 0 radical (unpaired) electrons. The fraction of sp³-hybridized carbons (Fsp3) is 0.417. The maximum Gasteiger partial charge on any atom is 0.417 e. The highest BCUT2D eigenvalue weighted by atomic mass is 35.5. The van der Waals surface area contributed by atoms with E-state index in [1.54, 1.807) is 6.92 Å². The quantitative estimate of drug-likeness (QED) is 0.338. The number of halogens is 4. The first-order valence-corrected chi connectivity index (χ1v) is 7.18.